The molecule has 1 saturated heterocycles. The van der Waals surface area contributed by atoms with Gasteiger partial charge in [0, 0.05) is 11.0 Å². The molecule has 0 spiro atoms. The summed E-state index contributed by atoms with van der Waals surface area (Å²) in [7, 11) is 1.78. The van der Waals surface area contributed by atoms with Gasteiger partial charge in [-0.3, -0.25) is 4.79 Å². The number of halogens is 1. The summed E-state index contributed by atoms with van der Waals surface area (Å²) >= 11 is 3.41. The highest BCUT2D eigenvalue weighted by Crippen LogP contribution is 2.23. The fourth-order valence-corrected chi connectivity index (χ4v) is 2.28. The lowest BCUT2D eigenvalue weighted by Crippen LogP contribution is -2.45. The van der Waals surface area contributed by atoms with Crippen LogP contribution in [0.5, 0.6) is 0 Å². The first-order valence-corrected chi connectivity index (χ1v) is 6.79. The number of ether oxygens (including phenoxy) is 1. The molecule has 1 fully saturated rings. The summed E-state index contributed by atoms with van der Waals surface area (Å²) in [4.78, 5) is 13.7. The Kier molecular flexibility index (Phi) is 4.74. The lowest BCUT2D eigenvalue weighted by Gasteiger charge is -2.33. The summed E-state index contributed by atoms with van der Waals surface area (Å²) < 4.78 is 6.78. The molecular formula is C13H17BrN2O2. The first-order chi connectivity index (χ1) is 8.70. The predicted molar refractivity (Wildman–Crippen MR) is 73.3 cm³/mol. The smallest absolute Gasteiger partial charge is 0.236 e. The van der Waals surface area contributed by atoms with Crippen molar-refractivity contribution in [2.45, 2.75) is 6.10 Å². The Hall–Kier alpha value is -0.910. The molecule has 0 aromatic heterocycles. The van der Waals surface area contributed by atoms with Crippen LogP contribution in [0.15, 0.2) is 28.7 Å². The topological polar surface area (TPSA) is 41.6 Å². The van der Waals surface area contributed by atoms with E-state index in [2.05, 4.69) is 21.2 Å². The van der Waals surface area contributed by atoms with Crippen LogP contribution in [0.2, 0.25) is 0 Å². The lowest BCUT2D eigenvalue weighted by molar-refractivity contribution is -0.137. The first-order valence-electron chi connectivity index (χ1n) is 6.00. The van der Waals surface area contributed by atoms with E-state index in [1.165, 1.54) is 0 Å². The molecule has 1 unspecified atom stereocenters. The lowest BCUT2D eigenvalue weighted by atomic mass is 10.1. The van der Waals surface area contributed by atoms with E-state index in [-0.39, 0.29) is 12.0 Å². The third kappa shape index (κ3) is 3.31. The van der Waals surface area contributed by atoms with Crippen molar-refractivity contribution in [2.24, 2.45) is 0 Å². The average molecular weight is 313 g/mol. The molecule has 98 valence electrons. The Morgan fingerprint density at radius 1 is 1.50 bits per heavy atom. The summed E-state index contributed by atoms with van der Waals surface area (Å²) in [6.07, 6.45) is -0.0207. The number of hydrogen-bond acceptors (Lipinski definition) is 3. The minimum Gasteiger partial charge on any atom is -0.370 e. The van der Waals surface area contributed by atoms with Crippen molar-refractivity contribution in [1.82, 2.24) is 10.2 Å². The van der Waals surface area contributed by atoms with Crippen molar-refractivity contribution >= 4 is 21.8 Å². The fraction of sp³-hybridized carbons (Fsp3) is 0.462. The average Bonchev–Trinajstić information content (AvgIpc) is 2.40. The summed E-state index contributed by atoms with van der Waals surface area (Å²) in [6.45, 7) is 2.28. The zero-order valence-electron chi connectivity index (χ0n) is 10.4. The van der Waals surface area contributed by atoms with Gasteiger partial charge in [-0.2, -0.15) is 0 Å². The van der Waals surface area contributed by atoms with Crippen LogP contribution in [0, 0.1) is 0 Å². The van der Waals surface area contributed by atoms with E-state index >= 15 is 0 Å². The first kappa shape index (κ1) is 13.5. The number of likely N-dealkylation sites (N-methyl/N-ethyl adjacent to an activating group) is 1. The van der Waals surface area contributed by atoms with E-state index in [1.54, 1.807) is 7.05 Å². The van der Waals surface area contributed by atoms with E-state index in [0.717, 1.165) is 10.0 Å². The van der Waals surface area contributed by atoms with Crippen molar-refractivity contribution in [3.63, 3.8) is 0 Å². The maximum Gasteiger partial charge on any atom is 0.236 e. The molecular weight excluding hydrogens is 296 g/mol. The molecule has 1 aliphatic heterocycles. The van der Waals surface area contributed by atoms with Crippen molar-refractivity contribution in [1.29, 1.82) is 0 Å². The van der Waals surface area contributed by atoms with Gasteiger partial charge < -0.3 is 15.0 Å². The Morgan fingerprint density at radius 3 is 2.89 bits per heavy atom. The zero-order chi connectivity index (χ0) is 13.0. The Labute approximate surface area is 115 Å². The minimum atomic E-state index is -0.0207. The van der Waals surface area contributed by atoms with Crippen molar-refractivity contribution in [3.8, 4) is 0 Å². The van der Waals surface area contributed by atoms with Gasteiger partial charge in [-0.15, -0.1) is 0 Å². The maximum atomic E-state index is 11.8. The molecule has 1 atom stereocenters. The molecule has 0 saturated carbocycles. The van der Waals surface area contributed by atoms with Crippen LogP contribution in [0.1, 0.15) is 11.7 Å². The van der Waals surface area contributed by atoms with Gasteiger partial charge in [0.1, 0.15) is 6.10 Å². The van der Waals surface area contributed by atoms with E-state index in [4.69, 9.17) is 4.74 Å². The second-order valence-electron chi connectivity index (χ2n) is 4.28. The van der Waals surface area contributed by atoms with Gasteiger partial charge in [-0.25, -0.2) is 0 Å². The second kappa shape index (κ2) is 6.31. The van der Waals surface area contributed by atoms with Crippen LogP contribution >= 0.6 is 15.9 Å². The molecule has 0 bridgehead atoms. The molecule has 1 N–H and O–H groups in total. The number of benzene rings is 1. The molecule has 2 rings (SSSR count). The number of nitrogens with one attached hydrogen (secondary N) is 1. The van der Waals surface area contributed by atoms with E-state index in [1.807, 2.05) is 29.2 Å². The number of amides is 1. The molecule has 5 heteroatoms. The molecule has 0 radical (unpaired) electrons. The number of carbonyl (C=O) groups is 1. The summed E-state index contributed by atoms with van der Waals surface area (Å²) in [5, 5.41) is 2.89. The Morgan fingerprint density at radius 2 is 2.22 bits per heavy atom. The molecule has 1 aromatic rings. The number of carbonyl (C=O) groups excluding carboxylic acids is 1. The number of rotatable bonds is 3. The van der Waals surface area contributed by atoms with E-state index in [0.29, 0.717) is 26.2 Å². The van der Waals surface area contributed by atoms with Crippen LogP contribution in [0.3, 0.4) is 0 Å². The number of morpholine rings is 1. The van der Waals surface area contributed by atoms with Gasteiger partial charge in [0.05, 0.1) is 19.7 Å². The largest absolute Gasteiger partial charge is 0.370 e. The second-order valence-corrected chi connectivity index (χ2v) is 5.20. The van der Waals surface area contributed by atoms with Crippen LogP contribution in [-0.2, 0) is 9.53 Å². The summed E-state index contributed by atoms with van der Waals surface area (Å²) in [5.41, 5.74) is 1.11. The van der Waals surface area contributed by atoms with Gasteiger partial charge in [-0.1, -0.05) is 28.1 Å². The standard InChI is InChI=1S/C13H17BrN2O2/c1-15-8-13(17)16-6-7-18-12(9-16)10-2-4-11(14)5-3-10/h2-5,12,15H,6-9H2,1H3. The molecule has 4 nitrogen and oxygen atoms in total. The van der Waals surface area contributed by atoms with Crippen LogP contribution in [0.25, 0.3) is 0 Å². The number of hydrogen-bond donors (Lipinski definition) is 1. The molecule has 1 aromatic carbocycles. The molecule has 18 heavy (non-hydrogen) atoms. The van der Waals surface area contributed by atoms with Crippen molar-refractivity contribution in [2.75, 3.05) is 33.3 Å². The van der Waals surface area contributed by atoms with Crippen molar-refractivity contribution in [3.05, 3.63) is 34.3 Å². The summed E-state index contributed by atoms with van der Waals surface area (Å²) in [6, 6.07) is 8.04. The Balaban J connectivity index is 2.02. The monoisotopic (exact) mass is 312 g/mol. The third-order valence-corrected chi connectivity index (χ3v) is 3.52. The number of nitrogens with zero attached hydrogens (tertiary/aromatic N) is 1. The normalized spacial score (nSPS) is 19.9. The Bertz CT molecular complexity index is 408. The predicted octanol–water partition coefficient (Wildman–Crippen LogP) is 1.57. The highest BCUT2D eigenvalue weighted by Gasteiger charge is 2.24. The third-order valence-electron chi connectivity index (χ3n) is 2.99. The molecule has 1 heterocycles. The minimum absolute atomic E-state index is 0.0207. The highest BCUT2D eigenvalue weighted by molar-refractivity contribution is 9.10. The van der Waals surface area contributed by atoms with Gasteiger partial charge >= 0.3 is 0 Å². The molecule has 1 amide bonds. The fourth-order valence-electron chi connectivity index (χ4n) is 2.02. The van der Waals surface area contributed by atoms with Gasteiger partial charge in [0.2, 0.25) is 5.91 Å². The van der Waals surface area contributed by atoms with Gasteiger partial charge in [-0.05, 0) is 24.7 Å². The SMILES string of the molecule is CNCC(=O)N1CCOC(c2ccc(Br)cc2)C1. The van der Waals surface area contributed by atoms with Gasteiger partial charge in [0.15, 0.2) is 0 Å². The van der Waals surface area contributed by atoms with Crippen LogP contribution in [-0.4, -0.2) is 44.1 Å². The highest BCUT2D eigenvalue weighted by atomic mass is 79.9. The van der Waals surface area contributed by atoms with E-state index in [9.17, 15) is 4.79 Å². The van der Waals surface area contributed by atoms with Crippen LogP contribution in [0.4, 0.5) is 0 Å². The maximum absolute atomic E-state index is 11.8. The van der Waals surface area contributed by atoms with E-state index < -0.39 is 0 Å². The summed E-state index contributed by atoms with van der Waals surface area (Å²) in [5.74, 6) is 0.128. The zero-order valence-corrected chi connectivity index (χ0v) is 11.9. The van der Waals surface area contributed by atoms with Crippen LogP contribution < -0.4 is 5.32 Å². The molecule has 0 aliphatic carbocycles. The van der Waals surface area contributed by atoms with Gasteiger partial charge in [0.25, 0.3) is 0 Å². The molecule has 1 aliphatic rings. The van der Waals surface area contributed by atoms with Crippen molar-refractivity contribution < 1.29 is 9.53 Å². The quantitative estimate of drug-likeness (QED) is 0.921.